The first kappa shape index (κ1) is 19.9. The van der Waals surface area contributed by atoms with Gasteiger partial charge in [-0.1, -0.05) is 18.2 Å². The van der Waals surface area contributed by atoms with Crippen LogP contribution in [0.5, 0.6) is 11.5 Å². The van der Waals surface area contributed by atoms with Gasteiger partial charge >= 0.3 is 0 Å². The second-order valence-electron chi connectivity index (χ2n) is 6.80. The molecule has 4 rings (SSSR count). The number of fused-ring (bicyclic) bond motifs is 1. The number of amides is 2. The van der Waals surface area contributed by atoms with E-state index in [1.54, 1.807) is 44.6 Å². The first-order valence-electron chi connectivity index (χ1n) is 9.48. The lowest BCUT2D eigenvalue weighted by Gasteiger charge is -2.13. The van der Waals surface area contributed by atoms with Crippen LogP contribution in [0.25, 0.3) is 0 Å². The van der Waals surface area contributed by atoms with Crippen LogP contribution in [0.3, 0.4) is 0 Å². The molecule has 154 valence electrons. The Morgan fingerprint density at radius 3 is 2.53 bits per heavy atom. The van der Waals surface area contributed by atoms with Crippen molar-refractivity contribution < 1.29 is 19.1 Å². The van der Waals surface area contributed by atoms with Crippen LogP contribution in [0, 0.1) is 0 Å². The standard InChI is InChI=1S/C22H21N3O4S/c1-28-16-10-8-14(12-17(16)29-2)23-21(27)15-9-11-18-19(15)24-22(30-18)25-20(26)13-6-4-3-5-7-13/h3-8,10,12,15H,9,11H2,1-2H3,(H,23,27)(H,24,25,26)/t15-/m0/s1. The zero-order valence-electron chi connectivity index (χ0n) is 16.6. The topological polar surface area (TPSA) is 89.6 Å². The van der Waals surface area contributed by atoms with Crippen LogP contribution in [0.4, 0.5) is 10.8 Å². The monoisotopic (exact) mass is 423 g/mol. The zero-order chi connectivity index (χ0) is 21.1. The summed E-state index contributed by atoms with van der Waals surface area (Å²) < 4.78 is 10.5. The number of aromatic nitrogens is 1. The molecule has 1 aliphatic rings. The number of benzene rings is 2. The summed E-state index contributed by atoms with van der Waals surface area (Å²) in [6.45, 7) is 0. The molecule has 0 bridgehead atoms. The lowest BCUT2D eigenvalue weighted by Crippen LogP contribution is -2.20. The van der Waals surface area contributed by atoms with Crippen molar-refractivity contribution in [2.75, 3.05) is 24.9 Å². The number of hydrogen-bond donors (Lipinski definition) is 2. The maximum absolute atomic E-state index is 12.9. The van der Waals surface area contributed by atoms with E-state index in [1.807, 2.05) is 18.2 Å². The van der Waals surface area contributed by atoms with Crippen LogP contribution >= 0.6 is 11.3 Å². The highest BCUT2D eigenvalue weighted by Crippen LogP contribution is 2.39. The number of nitrogens with one attached hydrogen (secondary N) is 2. The number of anilines is 2. The number of carbonyl (C=O) groups excluding carboxylic acids is 2. The van der Waals surface area contributed by atoms with Crippen molar-refractivity contribution in [2.24, 2.45) is 0 Å². The third-order valence-electron chi connectivity index (χ3n) is 4.94. The normalized spacial score (nSPS) is 14.7. The molecule has 2 amide bonds. The van der Waals surface area contributed by atoms with Crippen LogP contribution in [0.2, 0.25) is 0 Å². The van der Waals surface area contributed by atoms with Crippen LogP contribution in [0.1, 0.15) is 33.3 Å². The van der Waals surface area contributed by atoms with Crippen molar-refractivity contribution in [1.82, 2.24) is 4.98 Å². The molecule has 0 aliphatic heterocycles. The molecule has 2 aromatic carbocycles. The summed E-state index contributed by atoms with van der Waals surface area (Å²) in [6.07, 6.45) is 1.46. The van der Waals surface area contributed by atoms with Gasteiger partial charge in [-0.15, -0.1) is 11.3 Å². The predicted molar refractivity (Wildman–Crippen MR) is 116 cm³/mol. The fraction of sp³-hybridized carbons (Fsp3) is 0.227. The SMILES string of the molecule is COc1ccc(NC(=O)[C@H]2CCc3sc(NC(=O)c4ccccc4)nc32)cc1OC. The molecule has 1 aromatic heterocycles. The third-order valence-corrected chi connectivity index (χ3v) is 5.99. The molecule has 30 heavy (non-hydrogen) atoms. The number of thiazole rings is 1. The van der Waals surface area contributed by atoms with Gasteiger partial charge in [0.15, 0.2) is 16.6 Å². The summed E-state index contributed by atoms with van der Waals surface area (Å²) in [4.78, 5) is 30.8. The molecule has 0 unspecified atom stereocenters. The van der Waals surface area contributed by atoms with Gasteiger partial charge in [-0.05, 0) is 37.1 Å². The van der Waals surface area contributed by atoms with Crippen molar-refractivity contribution in [1.29, 1.82) is 0 Å². The lowest BCUT2D eigenvalue weighted by molar-refractivity contribution is -0.117. The molecule has 1 heterocycles. The van der Waals surface area contributed by atoms with E-state index >= 15 is 0 Å². The van der Waals surface area contributed by atoms with Gasteiger partial charge in [0.1, 0.15) is 0 Å². The van der Waals surface area contributed by atoms with Crippen molar-refractivity contribution >= 4 is 34.0 Å². The van der Waals surface area contributed by atoms with E-state index in [-0.39, 0.29) is 17.7 Å². The van der Waals surface area contributed by atoms with Crippen molar-refractivity contribution in [3.63, 3.8) is 0 Å². The van der Waals surface area contributed by atoms with E-state index in [0.717, 1.165) is 17.0 Å². The van der Waals surface area contributed by atoms with Crippen LogP contribution < -0.4 is 20.1 Å². The maximum atomic E-state index is 12.9. The molecular weight excluding hydrogens is 402 g/mol. The number of rotatable bonds is 6. The molecule has 0 fully saturated rings. The highest BCUT2D eigenvalue weighted by molar-refractivity contribution is 7.16. The quantitative estimate of drug-likeness (QED) is 0.624. The first-order chi connectivity index (χ1) is 14.6. The van der Waals surface area contributed by atoms with E-state index in [4.69, 9.17) is 9.47 Å². The highest BCUT2D eigenvalue weighted by atomic mass is 32.1. The Bertz CT molecular complexity index is 1080. The number of carbonyl (C=O) groups is 2. The molecule has 7 nitrogen and oxygen atoms in total. The van der Waals surface area contributed by atoms with Crippen LogP contribution in [-0.4, -0.2) is 31.0 Å². The number of nitrogens with zero attached hydrogens (tertiary/aromatic N) is 1. The van der Waals surface area contributed by atoms with Gasteiger partial charge in [0.25, 0.3) is 5.91 Å². The van der Waals surface area contributed by atoms with Crippen LogP contribution in [-0.2, 0) is 11.2 Å². The van der Waals surface area contributed by atoms with Gasteiger partial charge < -0.3 is 14.8 Å². The Morgan fingerprint density at radius 2 is 1.80 bits per heavy atom. The fourth-order valence-corrected chi connectivity index (χ4v) is 4.47. The third kappa shape index (κ3) is 3.99. The minimum Gasteiger partial charge on any atom is -0.493 e. The molecule has 0 spiro atoms. The number of aryl methyl sites for hydroxylation is 1. The Morgan fingerprint density at radius 1 is 1.03 bits per heavy atom. The summed E-state index contributed by atoms with van der Waals surface area (Å²) in [6, 6.07) is 14.2. The average molecular weight is 423 g/mol. The molecule has 2 N–H and O–H groups in total. The summed E-state index contributed by atoms with van der Waals surface area (Å²) in [5.74, 6) is 0.437. The molecule has 0 saturated carbocycles. The summed E-state index contributed by atoms with van der Waals surface area (Å²) >= 11 is 1.42. The second-order valence-corrected chi connectivity index (χ2v) is 7.88. The van der Waals surface area contributed by atoms with E-state index in [1.165, 1.54) is 11.3 Å². The van der Waals surface area contributed by atoms with Gasteiger partial charge in [-0.2, -0.15) is 0 Å². The number of ether oxygens (including phenoxy) is 2. The molecule has 0 radical (unpaired) electrons. The van der Waals surface area contributed by atoms with Crippen molar-refractivity contribution in [2.45, 2.75) is 18.8 Å². The molecule has 0 saturated heterocycles. The minimum absolute atomic E-state index is 0.132. The molecule has 3 aromatic rings. The van der Waals surface area contributed by atoms with E-state index in [9.17, 15) is 9.59 Å². The Kier molecular flexibility index (Phi) is 5.67. The highest BCUT2D eigenvalue weighted by Gasteiger charge is 2.33. The number of hydrogen-bond acceptors (Lipinski definition) is 6. The average Bonchev–Trinajstić information content (AvgIpc) is 3.34. The van der Waals surface area contributed by atoms with Gasteiger partial charge in [0, 0.05) is 22.2 Å². The fourth-order valence-electron chi connectivity index (χ4n) is 3.44. The second kappa shape index (κ2) is 8.54. The maximum Gasteiger partial charge on any atom is 0.257 e. The summed E-state index contributed by atoms with van der Waals surface area (Å²) in [5.41, 5.74) is 1.93. The summed E-state index contributed by atoms with van der Waals surface area (Å²) in [7, 11) is 3.11. The lowest BCUT2D eigenvalue weighted by atomic mass is 10.1. The largest absolute Gasteiger partial charge is 0.493 e. The molecule has 1 atom stereocenters. The Hall–Kier alpha value is -3.39. The molecule has 1 aliphatic carbocycles. The van der Waals surface area contributed by atoms with Crippen LogP contribution in [0.15, 0.2) is 48.5 Å². The number of methoxy groups -OCH3 is 2. The van der Waals surface area contributed by atoms with Crippen molar-refractivity contribution in [3.05, 3.63) is 64.7 Å². The first-order valence-corrected chi connectivity index (χ1v) is 10.3. The predicted octanol–water partition coefficient (Wildman–Crippen LogP) is 4.08. The molecular formula is C22H21N3O4S. The van der Waals surface area contributed by atoms with Gasteiger partial charge in [0.2, 0.25) is 5.91 Å². The minimum atomic E-state index is -0.355. The zero-order valence-corrected chi connectivity index (χ0v) is 17.4. The van der Waals surface area contributed by atoms with E-state index in [2.05, 4.69) is 15.6 Å². The van der Waals surface area contributed by atoms with E-state index in [0.29, 0.717) is 34.3 Å². The molecule has 8 heteroatoms. The van der Waals surface area contributed by atoms with Crippen molar-refractivity contribution in [3.8, 4) is 11.5 Å². The van der Waals surface area contributed by atoms with Gasteiger partial charge in [0.05, 0.1) is 25.8 Å². The Labute approximate surface area is 178 Å². The van der Waals surface area contributed by atoms with E-state index < -0.39 is 0 Å². The van der Waals surface area contributed by atoms with Gasteiger partial charge in [-0.3, -0.25) is 14.9 Å². The van der Waals surface area contributed by atoms with Gasteiger partial charge in [-0.25, -0.2) is 4.98 Å². The Balaban J connectivity index is 1.47. The smallest absolute Gasteiger partial charge is 0.257 e. The summed E-state index contributed by atoms with van der Waals surface area (Å²) in [5, 5.41) is 6.27.